The Balaban J connectivity index is 2.15. The van der Waals surface area contributed by atoms with Gasteiger partial charge in [0.25, 0.3) is 5.91 Å². The van der Waals surface area contributed by atoms with Gasteiger partial charge in [-0.15, -0.1) is 0 Å². The van der Waals surface area contributed by atoms with Gasteiger partial charge in [-0.25, -0.2) is 0 Å². The smallest absolute Gasteiger partial charge is 0.266 e. The molecule has 27 heavy (non-hydrogen) atoms. The lowest BCUT2D eigenvalue weighted by atomic mass is 10.00. The summed E-state index contributed by atoms with van der Waals surface area (Å²) < 4.78 is 6.38. The molecule has 3 rings (SSSR count). The average molecular weight is 431 g/mol. The van der Waals surface area contributed by atoms with Crippen LogP contribution in [0.5, 0.6) is 5.75 Å². The number of nitrogens with one attached hydrogen (secondary N) is 1. The van der Waals surface area contributed by atoms with E-state index in [0.717, 1.165) is 15.6 Å². The molecule has 1 aliphatic heterocycles. The van der Waals surface area contributed by atoms with E-state index in [9.17, 15) is 9.59 Å². The highest BCUT2D eigenvalue weighted by atomic mass is 79.9. The van der Waals surface area contributed by atoms with Crippen molar-refractivity contribution in [1.29, 1.82) is 0 Å². The minimum atomic E-state index is -0.808. The van der Waals surface area contributed by atoms with Gasteiger partial charge in [0.1, 0.15) is 11.8 Å². The lowest BCUT2D eigenvalue weighted by molar-refractivity contribution is -0.128. The van der Waals surface area contributed by atoms with E-state index in [1.165, 1.54) is 0 Å². The van der Waals surface area contributed by atoms with Crippen molar-refractivity contribution >= 4 is 33.4 Å². The van der Waals surface area contributed by atoms with Crippen LogP contribution in [-0.4, -0.2) is 24.0 Å². The SMILES string of the molecule is Cc1ccc2c(c1)OCC(=O)N2C(C(=O)NC(C)(C)C)c1ccccc1Br. The topological polar surface area (TPSA) is 58.6 Å². The van der Waals surface area contributed by atoms with Crippen LogP contribution in [0, 0.1) is 6.92 Å². The number of benzene rings is 2. The van der Waals surface area contributed by atoms with E-state index in [4.69, 9.17) is 4.74 Å². The fourth-order valence-corrected chi connectivity index (χ4v) is 3.60. The number of hydrogen-bond acceptors (Lipinski definition) is 3. The Morgan fingerprint density at radius 1 is 1.22 bits per heavy atom. The zero-order valence-corrected chi connectivity index (χ0v) is 17.5. The Hall–Kier alpha value is -2.34. The summed E-state index contributed by atoms with van der Waals surface area (Å²) in [7, 11) is 0. The Bertz CT molecular complexity index is 889. The van der Waals surface area contributed by atoms with E-state index >= 15 is 0 Å². The molecule has 0 saturated heterocycles. The van der Waals surface area contributed by atoms with Crippen molar-refractivity contribution in [3.8, 4) is 5.75 Å². The van der Waals surface area contributed by atoms with Gasteiger partial charge < -0.3 is 10.1 Å². The Kier molecular flexibility index (Phi) is 5.29. The summed E-state index contributed by atoms with van der Waals surface area (Å²) in [5.41, 5.74) is 1.92. The van der Waals surface area contributed by atoms with Crippen molar-refractivity contribution < 1.29 is 14.3 Å². The van der Waals surface area contributed by atoms with Crippen molar-refractivity contribution in [2.75, 3.05) is 11.5 Å². The lowest BCUT2D eigenvalue weighted by Gasteiger charge is -2.37. The highest BCUT2D eigenvalue weighted by molar-refractivity contribution is 9.10. The van der Waals surface area contributed by atoms with Gasteiger partial charge in [0.15, 0.2) is 6.61 Å². The second-order valence-corrected chi connectivity index (χ2v) is 8.54. The van der Waals surface area contributed by atoms with Crippen molar-refractivity contribution in [2.45, 2.75) is 39.3 Å². The number of rotatable bonds is 3. The van der Waals surface area contributed by atoms with Gasteiger partial charge in [-0.3, -0.25) is 14.5 Å². The number of amides is 2. The molecule has 1 N–H and O–H groups in total. The molecule has 5 nitrogen and oxygen atoms in total. The first kappa shape index (κ1) is 19.4. The van der Waals surface area contributed by atoms with E-state index in [-0.39, 0.29) is 18.4 Å². The van der Waals surface area contributed by atoms with Crippen molar-refractivity contribution in [3.05, 3.63) is 58.1 Å². The molecule has 0 saturated carbocycles. The van der Waals surface area contributed by atoms with E-state index in [2.05, 4.69) is 21.2 Å². The molecule has 1 heterocycles. The standard InChI is InChI=1S/C21H23BrN2O3/c1-13-9-10-16-17(11-13)27-12-18(25)24(16)19(20(26)23-21(2,3)4)14-7-5-6-8-15(14)22/h5-11,19H,12H2,1-4H3,(H,23,26). The molecule has 0 spiro atoms. The molecule has 1 atom stereocenters. The molecule has 2 aromatic rings. The van der Waals surface area contributed by atoms with Crippen LogP contribution in [0.1, 0.15) is 37.9 Å². The predicted octanol–water partition coefficient (Wildman–Crippen LogP) is 4.14. The molecule has 1 unspecified atom stereocenters. The second-order valence-electron chi connectivity index (χ2n) is 7.69. The molecule has 0 aromatic heterocycles. The number of halogens is 1. The number of aryl methyl sites for hydroxylation is 1. The third-order valence-corrected chi connectivity index (χ3v) is 4.92. The predicted molar refractivity (Wildman–Crippen MR) is 109 cm³/mol. The normalized spacial score (nSPS) is 15.0. The Morgan fingerprint density at radius 3 is 2.59 bits per heavy atom. The van der Waals surface area contributed by atoms with Crippen molar-refractivity contribution in [2.24, 2.45) is 0 Å². The maximum atomic E-state index is 13.3. The maximum Gasteiger partial charge on any atom is 0.266 e. The quantitative estimate of drug-likeness (QED) is 0.795. The lowest BCUT2D eigenvalue weighted by Crippen LogP contribution is -2.51. The number of hydrogen-bond donors (Lipinski definition) is 1. The van der Waals surface area contributed by atoms with Crippen molar-refractivity contribution in [1.82, 2.24) is 5.32 Å². The number of fused-ring (bicyclic) bond motifs is 1. The van der Waals surface area contributed by atoms with Crippen LogP contribution in [0.25, 0.3) is 0 Å². The Labute approximate surface area is 167 Å². The van der Waals surface area contributed by atoms with Gasteiger partial charge >= 0.3 is 0 Å². The number of nitrogens with zero attached hydrogens (tertiary/aromatic N) is 1. The van der Waals surface area contributed by atoms with Gasteiger partial charge in [0.2, 0.25) is 5.91 Å². The van der Waals surface area contributed by atoms with Gasteiger partial charge in [-0.1, -0.05) is 40.2 Å². The monoisotopic (exact) mass is 430 g/mol. The van der Waals surface area contributed by atoms with Gasteiger partial charge in [-0.2, -0.15) is 0 Å². The molecule has 2 amide bonds. The number of carbonyl (C=O) groups excluding carboxylic acids is 2. The number of anilines is 1. The van der Waals surface area contributed by atoms with Gasteiger partial charge in [0.05, 0.1) is 5.69 Å². The van der Waals surface area contributed by atoms with Crippen LogP contribution in [0.4, 0.5) is 5.69 Å². The fraction of sp³-hybridized carbons (Fsp3) is 0.333. The number of ether oxygens (including phenoxy) is 1. The van der Waals surface area contributed by atoms with Crippen LogP contribution in [-0.2, 0) is 9.59 Å². The Morgan fingerprint density at radius 2 is 1.93 bits per heavy atom. The summed E-state index contributed by atoms with van der Waals surface area (Å²) in [6, 6.07) is 12.3. The minimum Gasteiger partial charge on any atom is -0.482 e. The van der Waals surface area contributed by atoms with Crippen molar-refractivity contribution in [3.63, 3.8) is 0 Å². The molecule has 1 aliphatic rings. The van der Waals surface area contributed by atoms with Crippen LogP contribution in [0.2, 0.25) is 0 Å². The second kappa shape index (κ2) is 7.35. The molecule has 0 bridgehead atoms. The molecular weight excluding hydrogens is 408 g/mol. The van der Waals surface area contributed by atoms with E-state index < -0.39 is 11.6 Å². The first-order chi connectivity index (χ1) is 12.7. The molecule has 0 fully saturated rings. The fourth-order valence-electron chi connectivity index (χ4n) is 3.09. The largest absolute Gasteiger partial charge is 0.482 e. The summed E-state index contributed by atoms with van der Waals surface area (Å²) in [5, 5.41) is 3.01. The number of carbonyl (C=O) groups is 2. The third-order valence-electron chi connectivity index (χ3n) is 4.20. The highest BCUT2D eigenvalue weighted by Crippen LogP contribution is 2.40. The molecule has 6 heteroatoms. The zero-order valence-electron chi connectivity index (χ0n) is 15.9. The zero-order chi connectivity index (χ0) is 19.8. The van der Waals surface area contributed by atoms with Gasteiger partial charge in [0, 0.05) is 10.0 Å². The first-order valence-corrected chi connectivity index (χ1v) is 9.58. The van der Waals surface area contributed by atoms with Crippen LogP contribution < -0.4 is 15.0 Å². The van der Waals surface area contributed by atoms with E-state index in [0.29, 0.717) is 11.4 Å². The highest BCUT2D eigenvalue weighted by Gasteiger charge is 2.38. The van der Waals surface area contributed by atoms with Gasteiger partial charge in [-0.05, 0) is 57.0 Å². The summed E-state index contributed by atoms with van der Waals surface area (Å²) >= 11 is 3.53. The van der Waals surface area contributed by atoms with Crippen LogP contribution in [0.3, 0.4) is 0 Å². The summed E-state index contributed by atoms with van der Waals surface area (Å²) in [5.74, 6) is 0.113. The first-order valence-electron chi connectivity index (χ1n) is 8.79. The maximum absolute atomic E-state index is 13.3. The molecular formula is C21H23BrN2O3. The summed E-state index contributed by atoms with van der Waals surface area (Å²) in [6.45, 7) is 7.61. The van der Waals surface area contributed by atoms with Crippen LogP contribution >= 0.6 is 15.9 Å². The molecule has 142 valence electrons. The average Bonchev–Trinajstić information content (AvgIpc) is 2.57. The van der Waals surface area contributed by atoms with E-state index in [1.807, 2.05) is 70.2 Å². The molecule has 2 aromatic carbocycles. The molecule has 0 radical (unpaired) electrons. The van der Waals surface area contributed by atoms with Crippen LogP contribution in [0.15, 0.2) is 46.9 Å². The summed E-state index contributed by atoms with van der Waals surface area (Å²) in [6.07, 6.45) is 0. The summed E-state index contributed by atoms with van der Waals surface area (Å²) in [4.78, 5) is 27.7. The third kappa shape index (κ3) is 4.16. The van der Waals surface area contributed by atoms with E-state index in [1.54, 1.807) is 4.90 Å². The molecule has 0 aliphatic carbocycles. The minimum absolute atomic E-state index is 0.0970.